The van der Waals surface area contributed by atoms with Crippen molar-refractivity contribution in [2.24, 2.45) is 0 Å². The van der Waals surface area contributed by atoms with Gasteiger partial charge in [0.25, 0.3) is 11.7 Å². The Balaban J connectivity index is 1.78. The number of carbonyl (C=O) groups excluding carboxylic acids is 2. The minimum Gasteiger partial charge on any atom is -0.508 e. The van der Waals surface area contributed by atoms with E-state index in [1.54, 1.807) is 48.5 Å². The van der Waals surface area contributed by atoms with Gasteiger partial charge in [0.05, 0.1) is 11.6 Å². The van der Waals surface area contributed by atoms with Crippen LogP contribution in [0.4, 0.5) is 4.39 Å². The van der Waals surface area contributed by atoms with Crippen LogP contribution in [0.5, 0.6) is 5.75 Å². The number of aliphatic hydroxyl groups excluding tert-OH is 1. The number of phenols is 1. The van der Waals surface area contributed by atoms with Crippen LogP contribution in [0.1, 0.15) is 22.7 Å². The number of ketones is 1. The minimum absolute atomic E-state index is 0.124. The van der Waals surface area contributed by atoms with Crippen LogP contribution in [0.15, 0.2) is 84.4 Å². The van der Waals surface area contributed by atoms with E-state index in [0.29, 0.717) is 12.0 Å². The SMILES string of the molecule is O=C1C(=O)N(CCc2ccc(O)cc2)C(c2ccccc2F)C1=C(O)c1ccccc1. The number of aromatic hydroxyl groups is 1. The quantitative estimate of drug-likeness (QED) is 0.371. The number of halogens is 1. The Morgan fingerprint density at radius 2 is 1.55 bits per heavy atom. The number of amides is 1. The monoisotopic (exact) mass is 417 g/mol. The number of benzene rings is 3. The summed E-state index contributed by atoms with van der Waals surface area (Å²) in [4.78, 5) is 27.1. The molecule has 2 N–H and O–H groups in total. The van der Waals surface area contributed by atoms with E-state index >= 15 is 0 Å². The topological polar surface area (TPSA) is 77.8 Å². The Morgan fingerprint density at radius 1 is 0.903 bits per heavy atom. The summed E-state index contributed by atoms with van der Waals surface area (Å²) in [5, 5.41) is 20.3. The third-order valence-electron chi connectivity index (χ3n) is 5.36. The molecule has 1 fully saturated rings. The summed E-state index contributed by atoms with van der Waals surface area (Å²) in [6.45, 7) is 0.139. The third-order valence-corrected chi connectivity index (χ3v) is 5.36. The van der Waals surface area contributed by atoms with Crippen LogP contribution in [0, 0.1) is 5.82 Å². The minimum atomic E-state index is -1.04. The molecule has 1 atom stereocenters. The van der Waals surface area contributed by atoms with Gasteiger partial charge in [-0.2, -0.15) is 0 Å². The van der Waals surface area contributed by atoms with Crippen molar-refractivity contribution >= 4 is 17.4 Å². The van der Waals surface area contributed by atoms with Crippen molar-refractivity contribution in [3.05, 3.63) is 107 Å². The Kier molecular flexibility index (Phi) is 5.54. The molecule has 4 rings (SSSR count). The van der Waals surface area contributed by atoms with Gasteiger partial charge in [0.2, 0.25) is 0 Å². The maximum atomic E-state index is 14.7. The molecule has 1 unspecified atom stereocenters. The second-order valence-electron chi connectivity index (χ2n) is 7.30. The molecule has 1 amide bonds. The highest BCUT2D eigenvalue weighted by atomic mass is 19.1. The van der Waals surface area contributed by atoms with Gasteiger partial charge in [-0.1, -0.05) is 60.7 Å². The van der Waals surface area contributed by atoms with Crippen LogP contribution in [-0.4, -0.2) is 33.3 Å². The molecule has 0 saturated carbocycles. The number of phenolic OH excluding ortho intramolecular Hbond substituents is 1. The zero-order valence-electron chi connectivity index (χ0n) is 16.5. The molecule has 1 aliphatic heterocycles. The first-order valence-corrected chi connectivity index (χ1v) is 9.83. The molecule has 5 nitrogen and oxygen atoms in total. The van der Waals surface area contributed by atoms with E-state index in [2.05, 4.69) is 0 Å². The van der Waals surface area contributed by atoms with Gasteiger partial charge in [0, 0.05) is 17.7 Å². The fourth-order valence-electron chi connectivity index (χ4n) is 3.79. The number of aliphatic hydroxyl groups is 1. The molecule has 0 aromatic heterocycles. The number of Topliss-reactive ketones (excluding diaryl/α,β-unsaturated/α-hetero) is 1. The highest BCUT2D eigenvalue weighted by Gasteiger charge is 2.46. The molecule has 3 aromatic rings. The molecule has 31 heavy (non-hydrogen) atoms. The maximum Gasteiger partial charge on any atom is 0.295 e. The lowest BCUT2D eigenvalue weighted by molar-refractivity contribution is -0.139. The van der Waals surface area contributed by atoms with Crippen molar-refractivity contribution in [3.8, 4) is 5.75 Å². The van der Waals surface area contributed by atoms with E-state index in [4.69, 9.17) is 0 Å². The fraction of sp³-hybridized carbons (Fsp3) is 0.120. The Bertz CT molecular complexity index is 1160. The van der Waals surface area contributed by atoms with Crippen LogP contribution in [0.25, 0.3) is 5.76 Å². The van der Waals surface area contributed by atoms with Crippen LogP contribution >= 0.6 is 0 Å². The number of hydrogen-bond donors (Lipinski definition) is 2. The van der Waals surface area contributed by atoms with Crippen molar-refractivity contribution in [2.45, 2.75) is 12.5 Å². The van der Waals surface area contributed by atoms with Gasteiger partial charge in [-0.25, -0.2) is 4.39 Å². The molecule has 156 valence electrons. The van der Waals surface area contributed by atoms with E-state index in [9.17, 15) is 24.2 Å². The molecular formula is C25H20FNO4. The average Bonchev–Trinajstić information content (AvgIpc) is 3.04. The van der Waals surface area contributed by atoms with Gasteiger partial charge >= 0.3 is 0 Å². The summed E-state index contributed by atoms with van der Waals surface area (Å²) in [7, 11) is 0. The predicted molar refractivity (Wildman–Crippen MR) is 114 cm³/mol. The molecule has 6 heteroatoms. The Labute approximate surface area is 178 Å². The molecule has 3 aromatic carbocycles. The molecule has 1 aliphatic rings. The summed E-state index contributed by atoms with van der Waals surface area (Å²) in [5.41, 5.74) is 1.23. The van der Waals surface area contributed by atoms with Crippen LogP contribution in [0.2, 0.25) is 0 Å². The van der Waals surface area contributed by atoms with Crippen LogP contribution < -0.4 is 0 Å². The second kappa shape index (κ2) is 8.44. The molecule has 1 heterocycles. The molecule has 0 bridgehead atoms. The first-order valence-electron chi connectivity index (χ1n) is 9.83. The van der Waals surface area contributed by atoms with Crippen molar-refractivity contribution in [2.75, 3.05) is 6.54 Å². The van der Waals surface area contributed by atoms with Crippen molar-refractivity contribution in [3.63, 3.8) is 0 Å². The van der Waals surface area contributed by atoms with Gasteiger partial charge in [-0.05, 0) is 30.2 Å². The van der Waals surface area contributed by atoms with Crippen molar-refractivity contribution in [1.29, 1.82) is 0 Å². The fourth-order valence-corrected chi connectivity index (χ4v) is 3.79. The molecule has 0 radical (unpaired) electrons. The molecular weight excluding hydrogens is 397 g/mol. The summed E-state index contributed by atoms with van der Waals surface area (Å²) >= 11 is 0. The zero-order chi connectivity index (χ0) is 22.0. The summed E-state index contributed by atoms with van der Waals surface area (Å²) in [6, 6.07) is 19.8. The van der Waals surface area contributed by atoms with E-state index in [-0.39, 0.29) is 29.2 Å². The zero-order valence-corrected chi connectivity index (χ0v) is 16.5. The van der Waals surface area contributed by atoms with E-state index in [1.807, 2.05) is 0 Å². The third kappa shape index (κ3) is 3.92. The number of rotatable bonds is 5. The largest absolute Gasteiger partial charge is 0.508 e. The first kappa shape index (κ1) is 20.3. The lowest BCUT2D eigenvalue weighted by atomic mass is 9.95. The number of carbonyl (C=O) groups is 2. The Hall–Kier alpha value is -3.93. The summed E-state index contributed by atoms with van der Waals surface area (Å²) < 4.78 is 14.7. The van der Waals surface area contributed by atoms with Crippen molar-refractivity contribution in [1.82, 2.24) is 4.90 Å². The average molecular weight is 417 g/mol. The lowest BCUT2D eigenvalue weighted by Gasteiger charge is -2.25. The van der Waals surface area contributed by atoms with E-state index < -0.39 is 23.5 Å². The maximum absolute atomic E-state index is 14.7. The number of nitrogens with zero attached hydrogens (tertiary/aromatic N) is 1. The normalized spacial score (nSPS) is 17.8. The van der Waals surface area contributed by atoms with Crippen molar-refractivity contribution < 1.29 is 24.2 Å². The molecule has 0 spiro atoms. The van der Waals surface area contributed by atoms with Gasteiger partial charge < -0.3 is 15.1 Å². The second-order valence-corrected chi connectivity index (χ2v) is 7.30. The number of hydrogen-bond acceptors (Lipinski definition) is 4. The molecule has 0 aliphatic carbocycles. The van der Waals surface area contributed by atoms with E-state index in [0.717, 1.165) is 5.56 Å². The first-order chi connectivity index (χ1) is 15.0. The number of likely N-dealkylation sites (tertiary alicyclic amines) is 1. The van der Waals surface area contributed by atoms with Gasteiger partial charge in [0.15, 0.2) is 0 Å². The standard InChI is InChI=1S/C25H20FNO4/c26-20-9-5-4-8-19(20)22-21(23(29)17-6-2-1-3-7-17)24(30)25(31)27(22)15-14-16-10-12-18(28)13-11-16/h1-13,22,28-29H,14-15H2. The van der Waals surface area contributed by atoms with Crippen LogP contribution in [-0.2, 0) is 16.0 Å². The highest BCUT2D eigenvalue weighted by molar-refractivity contribution is 6.46. The lowest BCUT2D eigenvalue weighted by Crippen LogP contribution is -2.32. The smallest absolute Gasteiger partial charge is 0.295 e. The summed E-state index contributed by atoms with van der Waals surface area (Å²) in [6.07, 6.45) is 0.392. The van der Waals surface area contributed by atoms with Gasteiger partial charge in [-0.3, -0.25) is 9.59 Å². The van der Waals surface area contributed by atoms with E-state index in [1.165, 1.54) is 35.2 Å². The van der Waals surface area contributed by atoms with Gasteiger partial charge in [-0.15, -0.1) is 0 Å². The van der Waals surface area contributed by atoms with Gasteiger partial charge in [0.1, 0.15) is 17.3 Å². The van der Waals surface area contributed by atoms with Crippen LogP contribution in [0.3, 0.4) is 0 Å². The highest BCUT2D eigenvalue weighted by Crippen LogP contribution is 2.40. The Morgan fingerprint density at radius 3 is 2.23 bits per heavy atom. The predicted octanol–water partition coefficient (Wildman–Crippen LogP) is 4.20. The summed E-state index contributed by atoms with van der Waals surface area (Å²) in [5.74, 6) is -2.41. The molecule has 1 saturated heterocycles.